The summed E-state index contributed by atoms with van der Waals surface area (Å²) in [4.78, 5) is 37.7. The molecule has 6 nitrogen and oxygen atoms in total. The highest BCUT2D eigenvalue weighted by Crippen LogP contribution is 2.33. The number of ketones is 1. The van der Waals surface area contributed by atoms with Gasteiger partial charge in [-0.3, -0.25) is 9.59 Å². The quantitative estimate of drug-likeness (QED) is 0.709. The minimum atomic E-state index is -1.02. The molecule has 3 N–H and O–H groups in total. The first-order valence-corrected chi connectivity index (χ1v) is 6.56. The summed E-state index contributed by atoms with van der Waals surface area (Å²) in [6.45, 7) is 4.84. The minimum Gasteiger partial charge on any atom is -0.480 e. The van der Waals surface area contributed by atoms with E-state index in [2.05, 4.69) is 10.3 Å². The number of aryl methyl sites for hydroxylation is 1. The number of H-pyrrole nitrogens is 1. The topological polar surface area (TPSA) is 99.3 Å². The van der Waals surface area contributed by atoms with E-state index in [0.29, 0.717) is 16.8 Å². The van der Waals surface area contributed by atoms with Crippen molar-refractivity contribution in [2.24, 2.45) is 5.92 Å². The van der Waals surface area contributed by atoms with Crippen LogP contribution < -0.4 is 5.32 Å². The van der Waals surface area contributed by atoms with Crippen LogP contribution in [0.3, 0.4) is 0 Å². The Labute approximate surface area is 116 Å². The third-order valence-corrected chi connectivity index (χ3v) is 3.66. The fourth-order valence-corrected chi connectivity index (χ4v) is 2.53. The van der Waals surface area contributed by atoms with Gasteiger partial charge in [-0.1, -0.05) is 0 Å². The van der Waals surface area contributed by atoms with E-state index >= 15 is 0 Å². The van der Waals surface area contributed by atoms with E-state index in [1.165, 1.54) is 6.92 Å². The number of rotatable bonds is 5. The van der Waals surface area contributed by atoms with Gasteiger partial charge in [0.15, 0.2) is 5.78 Å². The molecule has 1 saturated carbocycles. The van der Waals surface area contributed by atoms with Crippen molar-refractivity contribution in [3.63, 3.8) is 0 Å². The Balaban J connectivity index is 2.23. The second-order valence-corrected chi connectivity index (χ2v) is 5.31. The van der Waals surface area contributed by atoms with E-state index in [9.17, 15) is 14.4 Å². The number of carboxylic acid groups (broad SMARTS) is 1. The number of nitrogens with one attached hydrogen (secondary N) is 2. The maximum absolute atomic E-state index is 12.2. The number of amides is 1. The number of Topliss-reactive ketones (excluding diaryl/α,β-unsaturated/α-hetero) is 1. The summed E-state index contributed by atoms with van der Waals surface area (Å²) in [5.74, 6) is -1.60. The molecule has 0 spiro atoms. The maximum Gasteiger partial charge on any atom is 0.326 e. The van der Waals surface area contributed by atoms with Crippen LogP contribution in [0, 0.1) is 19.8 Å². The number of carbonyl (C=O) groups excluding carboxylic acids is 2. The number of aliphatic carboxylic acids is 1. The highest BCUT2D eigenvalue weighted by Gasteiger charge is 2.38. The van der Waals surface area contributed by atoms with E-state index in [1.807, 2.05) is 0 Å². The lowest BCUT2D eigenvalue weighted by atomic mass is 10.1. The first kappa shape index (κ1) is 14.3. The number of hydrogen-bond donors (Lipinski definition) is 3. The summed E-state index contributed by atoms with van der Waals surface area (Å²) in [6.07, 6.45) is 1.64. The average molecular weight is 278 g/mol. The summed E-state index contributed by atoms with van der Waals surface area (Å²) in [7, 11) is 0. The number of aromatic nitrogens is 1. The Morgan fingerprint density at radius 1 is 1.30 bits per heavy atom. The van der Waals surface area contributed by atoms with E-state index in [1.54, 1.807) is 13.8 Å². The molecule has 6 heteroatoms. The molecule has 0 aliphatic heterocycles. The van der Waals surface area contributed by atoms with Crippen LogP contribution >= 0.6 is 0 Å². The summed E-state index contributed by atoms with van der Waals surface area (Å²) in [6, 6.07) is -0.855. The lowest BCUT2D eigenvalue weighted by Crippen LogP contribution is -2.42. The molecule has 1 aliphatic rings. The van der Waals surface area contributed by atoms with Crippen molar-refractivity contribution in [1.29, 1.82) is 0 Å². The molecule has 0 aromatic carbocycles. The molecule has 1 aromatic rings. The van der Waals surface area contributed by atoms with Crippen LogP contribution in [0.25, 0.3) is 0 Å². The van der Waals surface area contributed by atoms with Crippen molar-refractivity contribution < 1.29 is 19.5 Å². The third kappa shape index (κ3) is 2.59. The van der Waals surface area contributed by atoms with Crippen molar-refractivity contribution >= 4 is 17.7 Å². The zero-order chi connectivity index (χ0) is 15.0. The molecular weight excluding hydrogens is 260 g/mol. The first-order valence-electron chi connectivity index (χ1n) is 6.56. The van der Waals surface area contributed by atoms with Gasteiger partial charge in [0.25, 0.3) is 5.91 Å². The number of carbonyl (C=O) groups is 3. The van der Waals surface area contributed by atoms with Crippen LogP contribution in [0.5, 0.6) is 0 Å². The molecule has 0 saturated heterocycles. The normalized spacial score (nSPS) is 15.8. The van der Waals surface area contributed by atoms with Crippen molar-refractivity contribution in [3.8, 4) is 0 Å². The Bertz CT molecular complexity index is 584. The molecule has 20 heavy (non-hydrogen) atoms. The van der Waals surface area contributed by atoms with Gasteiger partial charge in [0.2, 0.25) is 0 Å². The fourth-order valence-electron chi connectivity index (χ4n) is 2.53. The van der Waals surface area contributed by atoms with Gasteiger partial charge in [0.05, 0.1) is 0 Å². The van der Waals surface area contributed by atoms with Gasteiger partial charge in [-0.05, 0) is 45.1 Å². The summed E-state index contributed by atoms with van der Waals surface area (Å²) >= 11 is 0. The predicted octanol–water partition coefficient (Wildman–Crippen LogP) is 1.43. The second kappa shape index (κ2) is 5.11. The summed E-state index contributed by atoms with van der Waals surface area (Å²) in [5, 5.41) is 11.7. The van der Waals surface area contributed by atoms with E-state index in [0.717, 1.165) is 12.8 Å². The van der Waals surface area contributed by atoms with Gasteiger partial charge < -0.3 is 15.4 Å². The largest absolute Gasteiger partial charge is 0.480 e. The molecule has 1 aliphatic carbocycles. The molecule has 108 valence electrons. The molecule has 2 rings (SSSR count). The molecule has 1 aromatic heterocycles. The van der Waals surface area contributed by atoms with Crippen LogP contribution in [0.4, 0.5) is 0 Å². The van der Waals surface area contributed by atoms with Crippen LogP contribution in [0.2, 0.25) is 0 Å². The lowest BCUT2D eigenvalue weighted by Gasteiger charge is -2.13. The van der Waals surface area contributed by atoms with Crippen molar-refractivity contribution in [1.82, 2.24) is 10.3 Å². The minimum absolute atomic E-state index is 0.0140. The lowest BCUT2D eigenvalue weighted by molar-refractivity contribution is -0.139. The molecule has 1 fully saturated rings. The zero-order valence-electron chi connectivity index (χ0n) is 11.7. The first-order chi connectivity index (χ1) is 9.32. The van der Waals surface area contributed by atoms with Gasteiger partial charge in [0.1, 0.15) is 11.7 Å². The van der Waals surface area contributed by atoms with Crippen LogP contribution in [0.1, 0.15) is 51.9 Å². The molecule has 1 atom stereocenters. The predicted molar refractivity (Wildman–Crippen MR) is 71.9 cm³/mol. The monoisotopic (exact) mass is 278 g/mol. The SMILES string of the molecule is CC(=O)c1c(C)[nH]c(C(=O)NC(C(=O)O)C2CC2)c1C. The average Bonchev–Trinajstić information content (AvgIpc) is 3.11. The fraction of sp³-hybridized carbons (Fsp3) is 0.500. The molecular formula is C14H18N2O4. The third-order valence-electron chi connectivity index (χ3n) is 3.66. The zero-order valence-corrected chi connectivity index (χ0v) is 11.7. The Morgan fingerprint density at radius 3 is 2.30 bits per heavy atom. The second-order valence-electron chi connectivity index (χ2n) is 5.31. The van der Waals surface area contributed by atoms with Crippen molar-refractivity contribution in [2.75, 3.05) is 0 Å². The maximum atomic E-state index is 12.2. The Morgan fingerprint density at radius 2 is 1.90 bits per heavy atom. The van der Waals surface area contributed by atoms with Crippen molar-refractivity contribution in [3.05, 3.63) is 22.5 Å². The molecule has 1 amide bonds. The van der Waals surface area contributed by atoms with Crippen LogP contribution in [-0.2, 0) is 4.79 Å². The Kier molecular flexibility index (Phi) is 3.65. The van der Waals surface area contributed by atoms with Gasteiger partial charge in [0, 0.05) is 11.3 Å². The van der Waals surface area contributed by atoms with Crippen LogP contribution in [0.15, 0.2) is 0 Å². The summed E-state index contributed by atoms with van der Waals surface area (Å²) < 4.78 is 0. The van der Waals surface area contributed by atoms with Gasteiger partial charge in [-0.2, -0.15) is 0 Å². The molecule has 1 unspecified atom stereocenters. The molecule has 1 heterocycles. The standard InChI is InChI=1S/C14H18N2O4/c1-6-10(8(3)17)7(2)15-11(6)13(18)16-12(14(19)20)9-4-5-9/h9,12,15H,4-5H2,1-3H3,(H,16,18)(H,19,20). The highest BCUT2D eigenvalue weighted by atomic mass is 16.4. The smallest absolute Gasteiger partial charge is 0.326 e. The molecule has 0 radical (unpaired) electrons. The van der Waals surface area contributed by atoms with Crippen LogP contribution in [-0.4, -0.2) is 33.8 Å². The van der Waals surface area contributed by atoms with Gasteiger partial charge in [-0.25, -0.2) is 4.79 Å². The van der Waals surface area contributed by atoms with Gasteiger partial charge in [-0.15, -0.1) is 0 Å². The van der Waals surface area contributed by atoms with E-state index < -0.39 is 17.9 Å². The number of aromatic amines is 1. The molecule has 0 bridgehead atoms. The highest BCUT2D eigenvalue weighted by molar-refractivity contribution is 6.03. The Hall–Kier alpha value is -2.11. The van der Waals surface area contributed by atoms with E-state index in [4.69, 9.17) is 5.11 Å². The number of carboxylic acids is 1. The van der Waals surface area contributed by atoms with E-state index in [-0.39, 0.29) is 17.4 Å². The summed E-state index contributed by atoms with van der Waals surface area (Å²) in [5.41, 5.74) is 1.94. The van der Waals surface area contributed by atoms with Crippen molar-refractivity contribution in [2.45, 2.75) is 39.7 Å². The number of hydrogen-bond acceptors (Lipinski definition) is 3. The van der Waals surface area contributed by atoms with Gasteiger partial charge >= 0.3 is 5.97 Å².